The summed E-state index contributed by atoms with van der Waals surface area (Å²) >= 11 is 0. The molecule has 2 N–H and O–H groups in total. The predicted octanol–water partition coefficient (Wildman–Crippen LogP) is 0.329. The smallest absolute Gasteiger partial charge is 0.364 e. The number of nitrogens with zero attached hydrogens (tertiary/aromatic N) is 3. The molecule has 1 rings (SSSR count). The van der Waals surface area contributed by atoms with Crippen molar-refractivity contribution in [1.29, 1.82) is 0 Å². The van der Waals surface area contributed by atoms with Gasteiger partial charge in [0.05, 0.1) is 19.2 Å². The summed E-state index contributed by atoms with van der Waals surface area (Å²) in [7, 11) is 0. The van der Waals surface area contributed by atoms with Crippen molar-refractivity contribution in [2.24, 2.45) is 5.73 Å². The number of aryl methyl sites for hydroxylation is 1. The molecule has 0 radical (unpaired) electrons. The first kappa shape index (κ1) is 10.5. The highest BCUT2D eigenvalue weighted by Crippen LogP contribution is 2.20. The molecule has 0 atom stereocenters. The monoisotopic (exact) mass is 208 g/mol. The summed E-state index contributed by atoms with van der Waals surface area (Å²) in [5.74, 6) is -0.850. The van der Waals surface area contributed by atoms with Crippen molar-refractivity contribution in [3.8, 4) is 0 Å². The van der Waals surface area contributed by atoms with Gasteiger partial charge >= 0.3 is 6.18 Å². The van der Waals surface area contributed by atoms with E-state index in [4.69, 9.17) is 5.73 Å². The van der Waals surface area contributed by atoms with E-state index in [2.05, 4.69) is 10.3 Å². The number of primary amides is 1. The Bertz CT molecular complexity index is 332. The van der Waals surface area contributed by atoms with Gasteiger partial charge in [0.1, 0.15) is 5.69 Å². The maximum atomic E-state index is 11.8. The van der Waals surface area contributed by atoms with Crippen LogP contribution in [0, 0.1) is 0 Å². The summed E-state index contributed by atoms with van der Waals surface area (Å²) in [5, 5.41) is 6.60. The Morgan fingerprint density at radius 2 is 2.21 bits per heavy atom. The number of nitrogens with two attached hydrogens (primary N) is 1. The number of halogens is 3. The normalized spacial score (nSPS) is 11.6. The summed E-state index contributed by atoms with van der Waals surface area (Å²) < 4.78 is 36.2. The lowest BCUT2D eigenvalue weighted by molar-refractivity contribution is -0.137. The number of hydrogen-bond acceptors (Lipinski definition) is 3. The Morgan fingerprint density at radius 1 is 1.57 bits per heavy atom. The molecule has 0 aliphatic carbocycles. The third-order valence-electron chi connectivity index (χ3n) is 1.48. The van der Waals surface area contributed by atoms with Crippen LogP contribution >= 0.6 is 0 Å². The molecule has 0 aliphatic rings. The minimum Gasteiger partial charge on any atom is -0.364 e. The van der Waals surface area contributed by atoms with Gasteiger partial charge in [-0.2, -0.15) is 13.2 Å². The van der Waals surface area contributed by atoms with Crippen molar-refractivity contribution in [2.75, 3.05) is 0 Å². The van der Waals surface area contributed by atoms with Crippen LogP contribution in [0.25, 0.3) is 0 Å². The first-order valence-electron chi connectivity index (χ1n) is 3.65. The molecule has 1 aromatic rings. The van der Waals surface area contributed by atoms with Gasteiger partial charge in [-0.05, 0) is 0 Å². The lowest BCUT2D eigenvalue weighted by Crippen LogP contribution is -2.20. The predicted molar refractivity (Wildman–Crippen MR) is 39.2 cm³/mol. The molecule has 1 aromatic heterocycles. The summed E-state index contributed by atoms with van der Waals surface area (Å²) in [6.45, 7) is -0.457. The van der Waals surface area contributed by atoms with Gasteiger partial charge in [-0.25, -0.2) is 4.68 Å². The van der Waals surface area contributed by atoms with E-state index in [-0.39, 0.29) is 5.69 Å². The molecule has 0 spiro atoms. The average molecular weight is 208 g/mol. The van der Waals surface area contributed by atoms with Crippen molar-refractivity contribution in [3.63, 3.8) is 0 Å². The molecule has 0 aliphatic heterocycles. The lowest BCUT2D eigenvalue weighted by Gasteiger charge is -2.06. The molecular formula is C6H7F3N4O. The van der Waals surface area contributed by atoms with Crippen molar-refractivity contribution < 1.29 is 18.0 Å². The molecule has 0 fully saturated rings. The molecular weight excluding hydrogens is 201 g/mol. The van der Waals surface area contributed by atoms with E-state index in [1.807, 2.05) is 0 Å². The second-order valence-electron chi connectivity index (χ2n) is 2.57. The summed E-state index contributed by atoms with van der Waals surface area (Å²) in [6.07, 6.45) is -4.34. The Balaban J connectivity index is 2.68. The van der Waals surface area contributed by atoms with Gasteiger partial charge in [0.15, 0.2) is 0 Å². The number of amides is 1. The van der Waals surface area contributed by atoms with E-state index in [0.717, 1.165) is 10.9 Å². The first-order chi connectivity index (χ1) is 6.40. The zero-order valence-electron chi connectivity index (χ0n) is 6.95. The van der Waals surface area contributed by atoms with Gasteiger partial charge in [-0.1, -0.05) is 5.21 Å². The van der Waals surface area contributed by atoms with Gasteiger partial charge in [0.2, 0.25) is 0 Å². The van der Waals surface area contributed by atoms with Crippen LogP contribution in [0.1, 0.15) is 16.9 Å². The van der Waals surface area contributed by atoms with Gasteiger partial charge in [0, 0.05) is 0 Å². The quantitative estimate of drug-likeness (QED) is 0.777. The van der Waals surface area contributed by atoms with Gasteiger partial charge < -0.3 is 5.73 Å². The van der Waals surface area contributed by atoms with Crippen LogP contribution in [0.2, 0.25) is 0 Å². The number of alkyl halides is 3. The van der Waals surface area contributed by atoms with Crippen LogP contribution in [0.3, 0.4) is 0 Å². The average Bonchev–Trinajstić information content (AvgIpc) is 2.46. The molecule has 0 saturated carbocycles. The highest BCUT2D eigenvalue weighted by molar-refractivity contribution is 5.90. The molecule has 1 amide bonds. The SMILES string of the molecule is NC(=O)c1cnnn1CCC(F)(F)F. The third-order valence-corrected chi connectivity index (χ3v) is 1.48. The largest absolute Gasteiger partial charge is 0.390 e. The summed E-state index contributed by atoms with van der Waals surface area (Å²) in [6, 6.07) is 0. The fourth-order valence-corrected chi connectivity index (χ4v) is 0.846. The molecule has 14 heavy (non-hydrogen) atoms. The van der Waals surface area contributed by atoms with Gasteiger partial charge in [0.25, 0.3) is 5.91 Å². The van der Waals surface area contributed by atoms with E-state index in [0.29, 0.717) is 0 Å². The van der Waals surface area contributed by atoms with Crippen LogP contribution in [0.15, 0.2) is 6.20 Å². The second-order valence-corrected chi connectivity index (χ2v) is 2.57. The minimum absolute atomic E-state index is 0.130. The Hall–Kier alpha value is -1.60. The van der Waals surface area contributed by atoms with Crippen LogP contribution < -0.4 is 5.73 Å². The maximum Gasteiger partial charge on any atom is 0.390 e. The Labute approximate surface area is 76.7 Å². The van der Waals surface area contributed by atoms with E-state index in [1.54, 1.807) is 0 Å². The summed E-state index contributed by atoms with van der Waals surface area (Å²) in [4.78, 5) is 10.6. The zero-order valence-corrected chi connectivity index (χ0v) is 6.95. The second kappa shape index (κ2) is 3.64. The van der Waals surface area contributed by atoms with E-state index in [1.165, 1.54) is 0 Å². The van der Waals surface area contributed by atoms with Crippen LogP contribution in [0.5, 0.6) is 0 Å². The zero-order chi connectivity index (χ0) is 10.8. The first-order valence-corrected chi connectivity index (χ1v) is 3.65. The minimum atomic E-state index is -4.29. The van der Waals surface area contributed by atoms with Crippen molar-refractivity contribution in [1.82, 2.24) is 15.0 Å². The number of hydrogen-bond donors (Lipinski definition) is 1. The molecule has 0 unspecified atom stereocenters. The van der Waals surface area contributed by atoms with Gasteiger partial charge in [-0.15, -0.1) is 5.10 Å². The van der Waals surface area contributed by atoms with E-state index >= 15 is 0 Å². The topological polar surface area (TPSA) is 73.8 Å². The molecule has 78 valence electrons. The Kier molecular flexibility index (Phi) is 2.73. The number of aromatic nitrogens is 3. The van der Waals surface area contributed by atoms with Crippen molar-refractivity contribution >= 4 is 5.91 Å². The molecule has 5 nitrogen and oxygen atoms in total. The number of carbonyl (C=O) groups is 1. The molecule has 0 bridgehead atoms. The van der Waals surface area contributed by atoms with Crippen molar-refractivity contribution in [3.05, 3.63) is 11.9 Å². The Morgan fingerprint density at radius 3 is 2.71 bits per heavy atom. The van der Waals surface area contributed by atoms with E-state index < -0.39 is 25.0 Å². The fourth-order valence-electron chi connectivity index (χ4n) is 0.846. The molecule has 0 aromatic carbocycles. The van der Waals surface area contributed by atoms with Crippen LogP contribution in [-0.2, 0) is 6.54 Å². The maximum absolute atomic E-state index is 11.8. The number of rotatable bonds is 3. The van der Waals surface area contributed by atoms with E-state index in [9.17, 15) is 18.0 Å². The summed E-state index contributed by atoms with van der Waals surface area (Å²) in [5.41, 5.74) is 4.75. The molecule has 8 heteroatoms. The standard InChI is InChI=1S/C6H7F3N4O/c7-6(8,9)1-2-13-4(5(10)14)3-11-12-13/h3H,1-2H2,(H2,10,14). The third kappa shape index (κ3) is 2.71. The highest BCUT2D eigenvalue weighted by Gasteiger charge is 2.27. The fraction of sp³-hybridized carbons (Fsp3) is 0.500. The van der Waals surface area contributed by atoms with Crippen LogP contribution in [-0.4, -0.2) is 27.1 Å². The molecule has 0 saturated heterocycles. The van der Waals surface area contributed by atoms with Crippen LogP contribution in [0.4, 0.5) is 13.2 Å². The molecule has 1 heterocycles. The highest BCUT2D eigenvalue weighted by atomic mass is 19.4. The van der Waals surface area contributed by atoms with Gasteiger partial charge in [-0.3, -0.25) is 4.79 Å². The lowest BCUT2D eigenvalue weighted by atomic mass is 10.4. The van der Waals surface area contributed by atoms with Crippen molar-refractivity contribution in [2.45, 2.75) is 19.1 Å². The number of carbonyl (C=O) groups excluding carboxylic acids is 1.